The Kier molecular flexibility index (Phi) is 5.70. The minimum Gasteiger partial charge on any atom is -0.310 e. The highest BCUT2D eigenvalue weighted by molar-refractivity contribution is 9.10. The Labute approximate surface area is 134 Å². The highest BCUT2D eigenvalue weighted by atomic mass is 79.9. The van der Waals surface area contributed by atoms with Crippen LogP contribution < -0.4 is 5.32 Å². The normalized spacial score (nSPS) is 11.1. The van der Waals surface area contributed by atoms with Crippen LogP contribution in [0.2, 0.25) is 0 Å². The van der Waals surface area contributed by atoms with E-state index in [1.165, 1.54) is 20.9 Å². The molecule has 2 aromatic rings. The van der Waals surface area contributed by atoms with E-state index in [0.29, 0.717) is 6.04 Å². The van der Waals surface area contributed by atoms with Gasteiger partial charge in [-0.2, -0.15) is 0 Å². The molecule has 2 aromatic carbocycles. The fraction of sp³-hybridized carbons (Fsp3) is 0.294. The largest absolute Gasteiger partial charge is 0.310 e. The molecule has 0 spiro atoms. The van der Waals surface area contributed by atoms with Gasteiger partial charge in [0, 0.05) is 26.9 Å². The third kappa shape index (κ3) is 4.65. The number of rotatable bonds is 5. The van der Waals surface area contributed by atoms with Gasteiger partial charge in [-0.3, -0.25) is 0 Å². The van der Waals surface area contributed by atoms with Gasteiger partial charge in [0.2, 0.25) is 0 Å². The van der Waals surface area contributed by atoms with Crippen molar-refractivity contribution < 1.29 is 0 Å². The van der Waals surface area contributed by atoms with Crippen molar-refractivity contribution in [3.63, 3.8) is 0 Å². The minimum absolute atomic E-state index is 0.492. The van der Waals surface area contributed by atoms with Crippen molar-refractivity contribution in [2.75, 3.05) is 0 Å². The molecule has 106 valence electrons. The number of aryl methyl sites for hydroxylation is 1. The Morgan fingerprint density at radius 2 is 1.80 bits per heavy atom. The first-order valence-corrected chi connectivity index (χ1v) is 8.42. The SMILES string of the molecule is Cc1ccc(Sc2ccc(Br)cc2CNC(C)C)cc1. The molecule has 0 amide bonds. The Balaban J connectivity index is 2.19. The molecule has 0 saturated heterocycles. The van der Waals surface area contributed by atoms with Gasteiger partial charge in [0.1, 0.15) is 0 Å². The molecule has 0 unspecified atom stereocenters. The second kappa shape index (κ2) is 7.30. The number of hydrogen-bond acceptors (Lipinski definition) is 2. The molecule has 0 aliphatic carbocycles. The van der Waals surface area contributed by atoms with Gasteiger partial charge in [0.25, 0.3) is 0 Å². The van der Waals surface area contributed by atoms with Crippen LogP contribution in [-0.4, -0.2) is 6.04 Å². The summed E-state index contributed by atoms with van der Waals surface area (Å²) in [6.07, 6.45) is 0. The van der Waals surface area contributed by atoms with Crippen LogP contribution >= 0.6 is 27.7 Å². The van der Waals surface area contributed by atoms with Crippen LogP contribution in [0.3, 0.4) is 0 Å². The molecule has 0 aliphatic heterocycles. The van der Waals surface area contributed by atoms with Crippen LogP contribution in [0, 0.1) is 6.92 Å². The third-order valence-corrected chi connectivity index (χ3v) is 4.59. The van der Waals surface area contributed by atoms with Crippen LogP contribution in [0.15, 0.2) is 56.7 Å². The van der Waals surface area contributed by atoms with Crippen molar-refractivity contribution in [2.24, 2.45) is 0 Å². The standard InChI is InChI=1S/C17H20BrNS/c1-12(2)19-11-14-10-15(18)6-9-17(14)20-16-7-4-13(3)5-8-16/h4-10,12,19H,11H2,1-3H3. The Morgan fingerprint density at radius 1 is 1.10 bits per heavy atom. The highest BCUT2D eigenvalue weighted by Crippen LogP contribution is 2.32. The van der Waals surface area contributed by atoms with E-state index < -0.39 is 0 Å². The monoisotopic (exact) mass is 349 g/mol. The molecule has 3 heteroatoms. The summed E-state index contributed by atoms with van der Waals surface area (Å²) in [6, 6.07) is 15.7. The minimum atomic E-state index is 0.492. The molecule has 0 fully saturated rings. The summed E-state index contributed by atoms with van der Waals surface area (Å²) in [7, 11) is 0. The van der Waals surface area contributed by atoms with Gasteiger partial charge in [-0.15, -0.1) is 0 Å². The summed E-state index contributed by atoms with van der Waals surface area (Å²) in [4.78, 5) is 2.59. The number of nitrogens with one attached hydrogen (secondary N) is 1. The number of hydrogen-bond donors (Lipinski definition) is 1. The zero-order chi connectivity index (χ0) is 14.5. The van der Waals surface area contributed by atoms with E-state index in [2.05, 4.69) is 84.5 Å². The summed E-state index contributed by atoms with van der Waals surface area (Å²) in [6.45, 7) is 7.35. The number of benzene rings is 2. The molecule has 0 atom stereocenters. The lowest BCUT2D eigenvalue weighted by molar-refractivity contribution is 0.584. The summed E-state index contributed by atoms with van der Waals surface area (Å²) >= 11 is 5.38. The van der Waals surface area contributed by atoms with Crippen LogP contribution in [0.1, 0.15) is 25.0 Å². The van der Waals surface area contributed by atoms with E-state index in [4.69, 9.17) is 0 Å². The van der Waals surface area contributed by atoms with Crippen molar-refractivity contribution in [3.8, 4) is 0 Å². The molecule has 0 bridgehead atoms. The van der Waals surface area contributed by atoms with E-state index in [9.17, 15) is 0 Å². The molecular formula is C17H20BrNS. The maximum atomic E-state index is 3.56. The highest BCUT2D eigenvalue weighted by Gasteiger charge is 2.06. The molecule has 1 nitrogen and oxygen atoms in total. The van der Waals surface area contributed by atoms with Gasteiger partial charge in [-0.1, -0.05) is 59.2 Å². The van der Waals surface area contributed by atoms with Crippen LogP contribution in [0.5, 0.6) is 0 Å². The average Bonchev–Trinajstić information content (AvgIpc) is 2.41. The lowest BCUT2D eigenvalue weighted by Gasteiger charge is -2.13. The van der Waals surface area contributed by atoms with Crippen LogP contribution in [-0.2, 0) is 6.54 Å². The van der Waals surface area contributed by atoms with Crippen molar-refractivity contribution >= 4 is 27.7 Å². The van der Waals surface area contributed by atoms with E-state index in [1.807, 2.05) is 11.8 Å². The van der Waals surface area contributed by atoms with Gasteiger partial charge in [-0.25, -0.2) is 0 Å². The molecule has 0 heterocycles. The van der Waals surface area contributed by atoms with Crippen molar-refractivity contribution in [1.82, 2.24) is 5.32 Å². The van der Waals surface area contributed by atoms with E-state index in [1.54, 1.807) is 0 Å². The third-order valence-electron chi connectivity index (χ3n) is 2.97. The molecule has 2 rings (SSSR count). The Morgan fingerprint density at radius 3 is 2.45 bits per heavy atom. The second-order valence-electron chi connectivity index (χ2n) is 5.20. The van der Waals surface area contributed by atoms with E-state index >= 15 is 0 Å². The average molecular weight is 350 g/mol. The lowest BCUT2D eigenvalue weighted by Crippen LogP contribution is -2.22. The van der Waals surface area contributed by atoms with Gasteiger partial charge in [0.15, 0.2) is 0 Å². The quantitative estimate of drug-likeness (QED) is 0.774. The predicted octanol–water partition coefficient (Wildman–Crippen LogP) is 5.41. The molecule has 20 heavy (non-hydrogen) atoms. The Hall–Kier alpha value is -0.770. The first-order valence-electron chi connectivity index (χ1n) is 6.81. The molecule has 1 N–H and O–H groups in total. The summed E-state index contributed by atoms with van der Waals surface area (Å²) in [5.74, 6) is 0. The van der Waals surface area contributed by atoms with Gasteiger partial charge in [-0.05, 0) is 42.8 Å². The number of halogens is 1. The van der Waals surface area contributed by atoms with Gasteiger partial charge in [0.05, 0.1) is 0 Å². The summed E-state index contributed by atoms with van der Waals surface area (Å²) in [5, 5.41) is 3.49. The molecule has 0 aliphatic rings. The summed E-state index contributed by atoms with van der Waals surface area (Å²) in [5.41, 5.74) is 2.63. The van der Waals surface area contributed by atoms with Crippen LogP contribution in [0.4, 0.5) is 0 Å². The molecular weight excluding hydrogens is 330 g/mol. The van der Waals surface area contributed by atoms with Crippen molar-refractivity contribution in [3.05, 3.63) is 58.1 Å². The molecule has 0 saturated carbocycles. The van der Waals surface area contributed by atoms with E-state index in [-0.39, 0.29) is 0 Å². The summed E-state index contributed by atoms with van der Waals surface area (Å²) < 4.78 is 1.13. The predicted molar refractivity (Wildman–Crippen MR) is 91.4 cm³/mol. The van der Waals surface area contributed by atoms with Gasteiger partial charge < -0.3 is 5.32 Å². The lowest BCUT2D eigenvalue weighted by atomic mass is 10.2. The fourth-order valence-electron chi connectivity index (χ4n) is 1.83. The van der Waals surface area contributed by atoms with Gasteiger partial charge >= 0.3 is 0 Å². The fourth-order valence-corrected chi connectivity index (χ4v) is 3.17. The smallest absolute Gasteiger partial charge is 0.0219 e. The first kappa shape index (κ1) is 15.6. The zero-order valence-corrected chi connectivity index (χ0v) is 14.5. The first-order chi connectivity index (χ1) is 9.54. The Bertz CT molecular complexity index is 564. The maximum Gasteiger partial charge on any atom is 0.0219 e. The van der Waals surface area contributed by atoms with E-state index in [0.717, 1.165) is 11.0 Å². The molecule has 0 radical (unpaired) electrons. The van der Waals surface area contributed by atoms with Crippen molar-refractivity contribution in [1.29, 1.82) is 0 Å². The molecule has 0 aromatic heterocycles. The topological polar surface area (TPSA) is 12.0 Å². The second-order valence-corrected chi connectivity index (χ2v) is 7.23. The van der Waals surface area contributed by atoms with Crippen molar-refractivity contribution in [2.45, 2.75) is 43.1 Å². The zero-order valence-electron chi connectivity index (χ0n) is 12.1. The maximum absolute atomic E-state index is 3.56. The van der Waals surface area contributed by atoms with Crippen LogP contribution in [0.25, 0.3) is 0 Å².